The van der Waals surface area contributed by atoms with Gasteiger partial charge in [0.25, 0.3) is 0 Å². The van der Waals surface area contributed by atoms with Crippen LogP contribution in [0.2, 0.25) is 0 Å². The van der Waals surface area contributed by atoms with Gasteiger partial charge in [0.1, 0.15) is 0 Å². The number of hydrogen-bond acceptors (Lipinski definition) is 5. The van der Waals surface area contributed by atoms with Gasteiger partial charge in [-0.2, -0.15) is 10.2 Å². The molecule has 6 nitrogen and oxygen atoms in total. The monoisotopic (exact) mass is 257 g/mol. The lowest BCUT2D eigenvalue weighted by Crippen LogP contribution is -2.18. The predicted molar refractivity (Wildman–Crippen MR) is 70.6 cm³/mol. The van der Waals surface area contributed by atoms with Crippen molar-refractivity contribution < 1.29 is 4.79 Å². The van der Waals surface area contributed by atoms with Crippen LogP contribution in [0.25, 0.3) is 5.82 Å². The fraction of sp³-hybridized carbons (Fsp3) is 0.385. The average Bonchev–Trinajstić information content (AvgIpc) is 3.10. The van der Waals surface area contributed by atoms with Gasteiger partial charge in [-0.05, 0) is 19.8 Å². The van der Waals surface area contributed by atoms with Crippen LogP contribution in [0, 0.1) is 0 Å². The summed E-state index contributed by atoms with van der Waals surface area (Å²) in [5.41, 5.74) is 1.63. The standard InChI is InChI=1S/C13H15N5O/c1-10(19)11-7-15-18(9-11)13-6-12(8-14-16-13)17-4-2-3-5-17/h6-9H,2-5H2,1H3. The number of hydrogen-bond donors (Lipinski definition) is 0. The first kappa shape index (κ1) is 11.8. The molecule has 19 heavy (non-hydrogen) atoms. The van der Waals surface area contributed by atoms with Gasteiger partial charge in [0, 0.05) is 25.4 Å². The molecule has 1 saturated heterocycles. The molecule has 0 saturated carbocycles. The maximum absolute atomic E-state index is 11.3. The topological polar surface area (TPSA) is 63.9 Å². The van der Waals surface area contributed by atoms with Crippen molar-refractivity contribution in [3.63, 3.8) is 0 Å². The predicted octanol–water partition coefficient (Wildman–Crippen LogP) is 1.47. The van der Waals surface area contributed by atoms with Crippen LogP contribution in [-0.4, -0.2) is 38.9 Å². The molecule has 0 atom stereocenters. The van der Waals surface area contributed by atoms with Gasteiger partial charge in [-0.1, -0.05) is 0 Å². The van der Waals surface area contributed by atoms with E-state index in [-0.39, 0.29) is 5.78 Å². The average molecular weight is 257 g/mol. The molecular weight excluding hydrogens is 242 g/mol. The molecule has 0 spiro atoms. The van der Waals surface area contributed by atoms with E-state index in [1.807, 2.05) is 6.07 Å². The quantitative estimate of drug-likeness (QED) is 0.779. The second-order valence-electron chi connectivity index (χ2n) is 4.70. The van der Waals surface area contributed by atoms with Gasteiger partial charge in [-0.25, -0.2) is 4.68 Å². The third-order valence-electron chi connectivity index (χ3n) is 3.32. The largest absolute Gasteiger partial charge is 0.370 e. The maximum atomic E-state index is 11.3. The van der Waals surface area contributed by atoms with Crippen molar-refractivity contribution in [2.24, 2.45) is 0 Å². The van der Waals surface area contributed by atoms with Crippen LogP contribution in [0.4, 0.5) is 5.69 Å². The summed E-state index contributed by atoms with van der Waals surface area (Å²) in [6.07, 6.45) is 7.43. The summed E-state index contributed by atoms with van der Waals surface area (Å²) < 4.78 is 1.59. The smallest absolute Gasteiger partial charge is 0.177 e. The second-order valence-corrected chi connectivity index (χ2v) is 4.70. The lowest BCUT2D eigenvalue weighted by Gasteiger charge is -2.16. The van der Waals surface area contributed by atoms with Crippen molar-refractivity contribution in [3.8, 4) is 5.82 Å². The number of Topliss-reactive ketones (excluding diaryl/α,β-unsaturated/α-hetero) is 1. The lowest BCUT2D eigenvalue weighted by molar-refractivity contribution is 0.101. The Morgan fingerprint density at radius 1 is 1.26 bits per heavy atom. The van der Waals surface area contributed by atoms with Gasteiger partial charge in [0.15, 0.2) is 11.6 Å². The van der Waals surface area contributed by atoms with Gasteiger partial charge in [0.2, 0.25) is 0 Å². The van der Waals surface area contributed by atoms with E-state index in [0.29, 0.717) is 11.4 Å². The third kappa shape index (κ3) is 2.33. The molecule has 0 bridgehead atoms. The van der Waals surface area contributed by atoms with Gasteiger partial charge in [-0.15, -0.1) is 5.10 Å². The highest BCUT2D eigenvalue weighted by Crippen LogP contribution is 2.20. The molecule has 0 N–H and O–H groups in total. The molecule has 2 aromatic rings. The number of ketones is 1. The second kappa shape index (κ2) is 4.79. The molecule has 3 heterocycles. The first-order chi connectivity index (χ1) is 9.24. The fourth-order valence-corrected chi connectivity index (χ4v) is 2.24. The highest BCUT2D eigenvalue weighted by atomic mass is 16.1. The Balaban J connectivity index is 1.91. The molecule has 1 fully saturated rings. The van der Waals surface area contributed by atoms with E-state index in [1.165, 1.54) is 19.8 Å². The van der Waals surface area contributed by atoms with E-state index in [0.717, 1.165) is 18.8 Å². The first-order valence-electron chi connectivity index (χ1n) is 6.38. The zero-order valence-electron chi connectivity index (χ0n) is 10.8. The third-order valence-corrected chi connectivity index (χ3v) is 3.32. The molecule has 0 radical (unpaired) electrons. The van der Waals surface area contributed by atoms with Crippen molar-refractivity contribution >= 4 is 11.5 Å². The van der Waals surface area contributed by atoms with Crippen LogP contribution >= 0.6 is 0 Å². The fourth-order valence-electron chi connectivity index (χ4n) is 2.24. The molecule has 0 aliphatic carbocycles. The molecular formula is C13H15N5O. The molecule has 0 amide bonds. The van der Waals surface area contributed by atoms with Crippen LogP contribution in [-0.2, 0) is 0 Å². The number of anilines is 1. The van der Waals surface area contributed by atoms with E-state index >= 15 is 0 Å². The number of aromatic nitrogens is 4. The molecule has 0 aromatic carbocycles. The molecule has 1 aliphatic heterocycles. The summed E-state index contributed by atoms with van der Waals surface area (Å²) >= 11 is 0. The molecule has 3 rings (SSSR count). The lowest BCUT2D eigenvalue weighted by atomic mass is 10.3. The van der Waals surface area contributed by atoms with E-state index < -0.39 is 0 Å². The minimum Gasteiger partial charge on any atom is -0.370 e. The minimum absolute atomic E-state index is 0.00472. The Morgan fingerprint density at radius 3 is 2.74 bits per heavy atom. The van der Waals surface area contributed by atoms with Gasteiger partial charge < -0.3 is 4.90 Å². The van der Waals surface area contributed by atoms with Gasteiger partial charge in [-0.3, -0.25) is 4.79 Å². The number of carbonyl (C=O) groups excluding carboxylic acids is 1. The molecule has 6 heteroatoms. The summed E-state index contributed by atoms with van der Waals surface area (Å²) in [7, 11) is 0. The first-order valence-corrected chi connectivity index (χ1v) is 6.38. The molecule has 0 unspecified atom stereocenters. The van der Waals surface area contributed by atoms with Gasteiger partial charge in [0.05, 0.1) is 23.6 Å². The van der Waals surface area contributed by atoms with Crippen molar-refractivity contribution in [1.29, 1.82) is 0 Å². The zero-order chi connectivity index (χ0) is 13.2. The van der Waals surface area contributed by atoms with Crippen LogP contribution in [0.15, 0.2) is 24.7 Å². The van der Waals surface area contributed by atoms with Crippen LogP contribution in [0.3, 0.4) is 0 Å². The van der Waals surface area contributed by atoms with Crippen molar-refractivity contribution in [1.82, 2.24) is 20.0 Å². The SMILES string of the molecule is CC(=O)c1cnn(-c2cc(N3CCCC3)cnn2)c1. The van der Waals surface area contributed by atoms with E-state index in [4.69, 9.17) is 0 Å². The van der Waals surface area contributed by atoms with Crippen LogP contribution in [0.5, 0.6) is 0 Å². The van der Waals surface area contributed by atoms with Crippen molar-refractivity contribution in [2.45, 2.75) is 19.8 Å². The van der Waals surface area contributed by atoms with E-state index in [2.05, 4.69) is 20.2 Å². The number of carbonyl (C=O) groups is 1. The molecule has 2 aromatic heterocycles. The summed E-state index contributed by atoms with van der Waals surface area (Å²) in [6, 6.07) is 1.95. The van der Waals surface area contributed by atoms with E-state index in [9.17, 15) is 4.79 Å². The maximum Gasteiger partial charge on any atom is 0.177 e. The normalized spacial score (nSPS) is 14.9. The Bertz CT molecular complexity index is 601. The summed E-state index contributed by atoms with van der Waals surface area (Å²) in [5, 5.41) is 12.2. The van der Waals surface area contributed by atoms with Gasteiger partial charge >= 0.3 is 0 Å². The summed E-state index contributed by atoms with van der Waals surface area (Å²) in [4.78, 5) is 13.6. The summed E-state index contributed by atoms with van der Waals surface area (Å²) in [5.74, 6) is 0.631. The number of rotatable bonds is 3. The minimum atomic E-state index is -0.00472. The number of nitrogens with zero attached hydrogens (tertiary/aromatic N) is 5. The Kier molecular flexibility index (Phi) is 2.98. The van der Waals surface area contributed by atoms with E-state index in [1.54, 1.807) is 23.3 Å². The van der Waals surface area contributed by atoms with Crippen molar-refractivity contribution in [3.05, 3.63) is 30.2 Å². The highest BCUT2D eigenvalue weighted by molar-refractivity contribution is 5.93. The molecule has 98 valence electrons. The molecule has 1 aliphatic rings. The van der Waals surface area contributed by atoms with Crippen molar-refractivity contribution in [2.75, 3.05) is 18.0 Å². The summed E-state index contributed by atoms with van der Waals surface area (Å²) in [6.45, 7) is 3.64. The Labute approximate surface area is 111 Å². The Hall–Kier alpha value is -2.24. The highest BCUT2D eigenvalue weighted by Gasteiger charge is 2.14. The van der Waals surface area contributed by atoms with Crippen LogP contribution in [0.1, 0.15) is 30.1 Å². The Morgan fingerprint density at radius 2 is 2.05 bits per heavy atom. The van der Waals surface area contributed by atoms with Crippen LogP contribution < -0.4 is 4.90 Å². The zero-order valence-corrected chi connectivity index (χ0v) is 10.8.